The average molecular weight is 463 g/mol. The van der Waals surface area contributed by atoms with Crippen LogP contribution in [0.15, 0.2) is 53.5 Å². The number of carbonyl (C=O) groups is 1. The van der Waals surface area contributed by atoms with E-state index in [1.165, 1.54) is 68.6 Å². The summed E-state index contributed by atoms with van der Waals surface area (Å²) in [6.45, 7) is -0.0931. The second-order valence-corrected chi connectivity index (χ2v) is 8.60. The number of benzene rings is 2. The van der Waals surface area contributed by atoms with Crippen molar-refractivity contribution in [3.05, 3.63) is 54.1 Å². The molecule has 9 nitrogen and oxygen atoms in total. The molecule has 0 fully saturated rings. The third-order valence-corrected chi connectivity index (χ3v) is 6.26. The molecule has 3 aromatic rings. The van der Waals surface area contributed by atoms with Crippen molar-refractivity contribution in [1.82, 2.24) is 14.3 Å². The molecule has 0 aliphatic carbocycles. The molecule has 0 bridgehead atoms. The number of esters is 1. The molecule has 0 atom stereocenters. The van der Waals surface area contributed by atoms with Crippen LogP contribution in [-0.4, -0.2) is 51.8 Å². The summed E-state index contributed by atoms with van der Waals surface area (Å²) in [5.41, 5.74) is 7.25. The molecule has 170 valence electrons. The van der Waals surface area contributed by atoms with Crippen molar-refractivity contribution in [2.24, 2.45) is 5.73 Å². The van der Waals surface area contributed by atoms with Gasteiger partial charge >= 0.3 is 5.97 Å². The Kier molecular flexibility index (Phi) is 6.92. The quantitative estimate of drug-likeness (QED) is 0.492. The Labute approximate surface area is 184 Å². The Morgan fingerprint density at radius 1 is 1.25 bits per heavy atom. The molecular weight excluding hydrogens is 439 g/mol. The van der Waals surface area contributed by atoms with Gasteiger partial charge in [0.15, 0.2) is 0 Å². The average Bonchev–Trinajstić information content (AvgIpc) is 3.20. The van der Waals surface area contributed by atoms with Crippen LogP contribution in [0, 0.1) is 0 Å². The zero-order chi connectivity index (χ0) is 23.5. The number of carbonyl (C=O) groups excluding carboxylic acids is 1. The van der Waals surface area contributed by atoms with Gasteiger partial charge in [-0.1, -0.05) is 0 Å². The van der Waals surface area contributed by atoms with E-state index in [0.29, 0.717) is 27.9 Å². The number of halogens is 1. The molecule has 2 aromatic carbocycles. The van der Waals surface area contributed by atoms with Gasteiger partial charge in [-0.25, -0.2) is 27.3 Å². The number of fused-ring (bicyclic) bond motifs is 1. The number of rotatable bonds is 8. The zero-order valence-electron chi connectivity index (χ0n) is 17.8. The van der Waals surface area contributed by atoms with Crippen molar-refractivity contribution < 1.29 is 27.1 Å². The molecule has 0 spiro atoms. The maximum absolute atomic E-state index is 14.1. The Balaban J connectivity index is 2.33. The lowest BCUT2D eigenvalue weighted by Crippen LogP contribution is -2.18. The van der Waals surface area contributed by atoms with Crippen LogP contribution in [0.5, 0.6) is 5.75 Å². The molecule has 0 aliphatic rings. The molecular formula is C21H23FN4O5S. The number of ether oxygens (including phenoxy) is 2. The minimum Gasteiger partial charge on any atom is -0.496 e. The van der Waals surface area contributed by atoms with Crippen LogP contribution in [0.25, 0.3) is 22.2 Å². The van der Waals surface area contributed by atoms with Crippen LogP contribution >= 0.6 is 0 Å². The van der Waals surface area contributed by atoms with E-state index >= 15 is 0 Å². The molecule has 1 heterocycles. The minimum atomic E-state index is -3.75. The Hall–Kier alpha value is -3.28. The monoisotopic (exact) mass is 462 g/mol. The van der Waals surface area contributed by atoms with Gasteiger partial charge < -0.3 is 19.8 Å². The lowest BCUT2D eigenvalue weighted by atomic mass is 10.00. The molecule has 0 unspecified atom stereocenters. The van der Waals surface area contributed by atoms with Crippen molar-refractivity contribution in [2.45, 2.75) is 11.4 Å². The largest absolute Gasteiger partial charge is 0.496 e. The van der Waals surface area contributed by atoms with Gasteiger partial charge in [-0.2, -0.15) is 0 Å². The highest BCUT2D eigenvalue weighted by Crippen LogP contribution is 2.37. The van der Waals surface area contributed by atoms with E-state index in [9.17, 15) is 17.6 Å². The van der Waals surface area contributed by atoms with Crippen molar-refractivity contribution in [1.29, 1.82) is 0 Å². The molecule has 0 saturated carbocycles. The number of sulfonamides is 1. The van der Waals surface area contributed by atoms with Crippen molar-refractivity contribution in [3.63, 3.8) is 0 Å². The number of methoxy groups -OCH3 is 2. The number of nitrogens with zero attached hydrogens (tertiary/aromatic N) is 2. The number of nitrogens with two attached hydrogens (primary N) is 1. The van der Waals surface area contributed by atoms with Crippen LogP contribution in [0.3, 0.4) is 0 Å². The van der Waals surface area contributed by atoms with Gasteiger partial charge in [0.25, 0.3) is 0 Å². The number of hydrogen-bond donors (Lipinski definition) is 2. The van der Waals surface area contributed by atoms with E-state index in [2.05, 4.69) is 9.71 Å². The second-order valence-electron chi connectivity index (χ2n) is 6.71. The van der Waals surface area contributed by atoms with Gasteiger partial charge in [0, 0.05) is 17.7 Å². The topological polar surface area (TPSA) is 126 Å². The van der Waals surface area contributed by atoms with Crippen LogP contribution in [0.2, 0.25) is 0 Å². The van der Waals surface area contributed by atoms with E-state index in [1.54, 1.807) is 0 Å². The smallest absolute Gasteiger partial charge is 0.337 e. The molecule has 3 rings (SSSR count). The first-order chi connectivity index (χ1) is 15.2. The predicted octanol–water partition coefficient (Wildman–Crippen LogP) is 2.22. The first-order valence-corrected chi connectivity index (χ1v) is 11.0. The summed E-state index contributed by atoms with van der Waals surface area (Å²) < 4.78 is 52.9. The van der Waals surface area contributed by atoms with Crippen molar-refractivity contribution in [2.75, 3.05) is 27.8 Å². The zero-order valence-corrected chi connectivity index (χ0v) is 18.6. The number of aromatic nitrogens is 2. The highest BCUT2D eigenvalue weighted by Gasteiger charge is 2.21. The molecule has 0 radical (unpaired) electrons. The SMILES string of the molecule is CNS(=O)(=O)c1ccc(OC)c(-c2cc(C(=O)OC)cc3c2ncn3CC(F)=CCN)c1. The first kappa shape index (κ1) is 23.4. The lowest BCUT2D eigenvalue weighted by Gasteiger charge is -2.13. The van der Waals surface area contributed by atoms with Crippen LogP contribution < -0.4 is 15.2 Å². The molecule has 0 amide bonds. The first-order valence-electron chi connectivity index (χ1n) is 9.49. The van der Waals surface area contributed by atoms with Crippen LogP contribution in [0.1, 0.15) is 10.4 Å². The fourth-order valence-corrected chi connectivity index (χ4v) is 4.02. The van der Waals surface area contributed by atoms with E-state index < -0.39 is 21.8 Å². The third-order valence-electron chi connectivity index (χ3n) is 4.85. The maximum Gasteiger partial charge on any atom is 0.337 e. The van der Waals surface area contributed by atoms with Gasteiger partial charge in [0.05, 0.1) is 48.6 Å². The fourth-order valence-electron chi connectivity index (χ4n) is 3.27. The fraction of sp³-hybridized carbons (Fsp3) is 0.238. The standard InChI is InChI=1S/C21H23FN4O5S/c1-24-32(28,29)15-4-5-19(30-2)16(10-15)17-8-13(21(27)31-3)9-18-20(17)25-12-26(18)11-14(22)6-7-23/h4-6,8-10,12,24H,7,11,23H2,1-3H3. The molecule has 0 saturated heterocycles. The second kappa shape index (κ2) is 9.47. The van der Waals surface area contributed by atoms with Crippen molar-refractivity contribution in [3.8, 4) is 16.9 Å². The summed E-state index contributed by atoms with van der Waals surface area (Å²) in [6.07, 6.45) is 2.67. The highest BCUT2D eigenvalue weighted by molar-refractivity contribution is 7.89. The van der Waals surface area contributed by atoms with Crippen molar-refractivity contribution >= 4 is 27.0 Å². The van der Waals surface area contributed by atoms with Crippen LogP contribution in [-0.2, 0) is 21.3 Å². The van der Waals surface area contributed by atoms with Crippen LogP contribution in [0.4, 0.5) is 4.39 Å². The third kappa shape index (κ3) is 4.49. The highest BCUT2D eigenvalue weighted by atomic mass is 32.2. The van der Waals surface area contributed by atoms with Gasteiger partial charge in [0.1, 0.15) is 11.6 Å². The Morgan fingerprint density at radius 3 is 2.62 bits per heavy atom. The Morgan fingerprint density at radius 2 is 2.00 bits per heavy atom. The van der Waals surface area contributed by atoms with E-state index in [1.807, 2.05) is 0 Å². The maximum atomic E-state index is 14.1. The number of allylic oxidation sites excluding steroid dienone is 1. The lowest BCUT2D eigenvalue weighted by molar-refractivity contribution is 0.0601. The van der Waals surface area contributed by atoms with E-state index in [0.717, 1.165) is 0 Å². The van der Waals surface area contributed by atoms with Gasteiger partial charge in [0.2, 0.25) is 10.0 Å². The normalized spacial score (nSPS) is 12.2. The molecule has 11 heteroatoms. The van der Waals surface area contributed by atoms with Gasteiger partial charge in [-0.15, -0.1) is 0 Å². The van der Waals surface area contributed by atoms with Gasteiger partial charge in [-0.05, 0) is 43.5 Å². The summed E-state index contributed by atoms with van der Waals surface area (Å²) in [5, 5.41) is 0. The summed E-state index contributed by atoms with van der Waals surface area (Å²) in [6, 6.07) is 7.41. The van der Waals surface area contributed by atoms with E-state index in [-0.39, 0.29) is 23.5 Å². The summed E-state index contributed by atoms with van der Waals surface area (Å²) >= 11 is 0. The molecule has 1 aromatic heterocycles. The number of nitrogens with one attached hydrogen (secondary N) is 1. The predicted molar refractivity (Wildman–Crippen MR) is 118 cm³/mol. The number of hydrogen-bond acceptors (Lipinski definition) is 7. The molecule has 32 heavy (non-hydrogen) atoms. The summed E-state index contributed by atoms with van der Waals surface area (Å²) in [7, 11) is 0.246. The molecule has 0 aliphatic heterocycles. The van der Waals surface area contributed by atoms with E-state index in [4.69, 9.17) is 15.2 Å². The number of imidazole rings is 1. The Bertz CT molecular complexity index is 1300. The van der Waals surface area contributed by atoms with Gasteiger partial charge in [-0.3, -0.25) is 0 Å². The summed E-state index contributed by atoms with van der Waals surface area (Å²) in [5.74, 6) is -0.708. The molecule has 3 N–H and O–H groups in total. The minimum absolute atomic E-state index is 0.00350. The summed E-state index contributed by atoms with van der Waals surface area (Å²) in [4.78, 5) is 16.7.